The van der Waals surface area contributed by atoms with E-state index in [1.807, 2.05) is 0 Å². The average molecular weight is 232 g/mol. The van der Waals surface area contributed by atoms with E-state index in [4.69, 9.17) is 4.74 Å². The fourth-order valence-corrected chi connectivity index (χ4v) is 3.10. The Balaban J connectivity index is 2.54. The fraction of sp³-hybridized carbons (Fsp3) is 0.533. The highest BCUT2D eigenvalue weighted by molar-refractivity contribution is 5.83. The molecule has 0 aliphatic heterocycles. The van der Waals surface area contributed by atoms with Crippen LogP contribution in [0.2, 0.25) is 0 Å². The first-order valence-electron chi connectivity index (χ1n) is 6.14. The van der Waals surface area contributed by atoms with Crippen molar-refractivity contribution in [2.24, 2.45) is 0 Å². The zero-order valence-corrected chi connectivity index (χ0v) is 11.1. The topological polar surface area (TPSA) is 26.3 Å². The maximum Gasteiger partial charge on any atom is 0.133 e. The van der Waals surface area contributed by atoms with Crippen LogP contribution in [-0.2, 0) is 10.2 Å². The minimum atomic E-state index is -0.0415. The van der Waals surface area contributed by atoms with Gasteiger partial charge in [0.2, 0.25) is 0 Å². The Hall–Kier alpha value is -1.31. The van der Waals surface area contributed by atoms with Gasteiger partial charge in [0.25, 0.3) is 0 Å². The molecule has 0 radical (unpaired) electrons. The van der Waals surface area contributed by atoms with E-state index >= 15 is 0 Å². The van der Waals surface area contributed by atoms with Gasteiger partial charge in [0.1, 0.15) is 11.5 Å². The molecule has 1 saturated carbocycles. The van der Waals surface area contributed by atoms with Gasteiger partial charge in [-0.1, -0.05) is 13.0 Å². The van der Waals surface area contributed by atoms with Gasteiger partial charge in [-0.3, -0.25) is 4.79 Å². The molecule has 1 aliphatic rings. The van der Waals surface area contributed by atoms with Crippen LogP contribution < -0.4 is 4.74 Å². The van der Waals surface area contributed by atoms with E-state index < -0.39 is 0 Å². The lowest BCUT2D eigenvalue weighted by atomic mass is 9.77. The Bertz CT molecular complexity index is 462. The Morgan fingerprint density at radius 1 is 1.29 bits per heavy atom. The van der Waals surface area contributed by atoms with Gasteiger partial charge in [0, 0.05) is 23.8 Å². The van der Waals surface area contributed by atoms with E-state index in [-0.39, 0.29) is 5.41 Å². The number of hydrogen-bond donors (Lipinski definition) is 0. The van der Waals surface area contributed by atoms with E-state index in [9.17, 15) is 4.79 Å². The molecule has 1 aliphatic carbocycles. The van der Waals surface area contributed by atoms with E-state index in [1.165, 1.54) is 16.7 Å². The highest BCUT2D eigenvalue weighted by Crippen LogP contribution is 2.44. The molecule has 0 aromatic heterocycles. The Morgan fingerprint density at radius 3 is 2.53 bits per heavy atom. The predicted molar refractivity (Wildman–Crippen MR) is 68.7 cm³/mol. The standard InChI is InChI=1S/C15H20O2/c1-10-7-11(2)14(13(8-10)17-4)15(3)6-5-12(16)9-15/h7-8H,5-6,9H2,1-4H3. The SMILES string of the molecule is COc1cc(C)cc(C)c1C1(C)CCC(=O)C1. The van der Waals surface area contributed by atoms with Crippen molar-refractivity contribution in [3.63, 3.8) is 0 Å². The third-order valence-electron chi connectivity index (χ3n) is 3.81. The number of ketones is 1. The lowest BCUT2D eigenvalue weighted by Gasteiger charge is -2.28. The maximum atomic E-state index is 11.6. The summed E-state index contributed by atoms with van der Waals surface area (Å²) in [6.45, 7) is 6.36. The number of benzene rings is 1. The van der Waals surface area contributed by atoms with E-state index in [0.717, 1.165) is 12.2 Å². The van der Waals surface area contributed by atoms with E-state index in [0.29, 0.717) is 18.6 Å². The van der Waals surface area contributed by atoms with E-state index in [2.05, 4.69) is 32.9 Å². The summed E-state index contributed by atoms with van der Waals surface area (Å²) in [5, 5.41) is 0. The highest BCUT2D eigenvalue weighted by Gasteiger charge is 2.38. The van der Waals surface area contributed by atoms with Crippen LogP contribution in [0.15, 0.2) is 12.1 Å². The first-order valence-corrected chi connectivity index (χ1v) is 6.14. The number of hydrogen-bond acceptors (Lipinski definition) is 2. The molecule has 0 amide bonds. The molecule has 1 unspecified atom stereocenters. The predicted octanol–water partition coefficient (Wildman–Crippen LogP) is 3.32. The Kier molecular flexibility index (Phi) is 2.98. The first kappa shape index (κ1) is 12.2. The zero-order valence-electron chi connectivity index (χ0n) is 11.1. The lowest BCUT2D eigenvalue weighted by molar-refractivity contribution is -0.117. The van der Waals surface area contributed by atoms with E-state index in [1.54, 1.807) is 7.11 Å². The molecule has 2 nitrogen and oxygen atoms in total. The molecule has 0 spiro atoms. The minimum Gasteiger partial charge on any atom is -0.496 e. The molecule has 17 heavy (non-hydrogen) atoms. The molecule has 2 heteroatoms. The van der Waals surface area contributed by atoms with Crippen LogP contribution in [0, 0.1) is 13.8 Å². The van der Waals surface area contributed by atoms with Gasteiger partial charge >= 0.3 is 0 Å². The molecule has 0 saturated heterocycles. The summed E-state index contributed by atoms with van der Waals surface area (Å²) in [6, 6.07) is 4.24. The molecule has 1 aromatic rings. The Morgan fingerprint density at radius 2 is 2.00 bits per heavy atom. The third-order valence-corrected chi connectivity index (χ3v) is 3.81. The summed E-state index contributed by atoms with van der Waals surface area (Å²) in [7, 11) is 1.71. The monoisotopic (exact) mass is 232 g/mol. The van der Waals surface area contributed by atoms with Crippen LogP contribution >= 0.6 is 0 Å². The van der Waals surface area contributed by atoms with Crippen LogP contribution in [-0.4, -0.2) is 12.9 Å². The van der Waals surface area contributed by atoms with Crippen molar-refractivity contribution in [1.29, 1.82) is 0 Å². The number of rotatable bonds is 2. The molecule has 0 heterocycles. The lowest BCUT2D eigenvalue weighted by Crippen LogP contribution is -2.20. The largest absolute Gasteiger partial charge is 0.496 e. The average Bonchev–Trinajstić information content (AvgIpc) is 2.57. The highest BCUT2D eigenvalue weighted by atomic mass is 16.5. The number of aryl methyl sites for hydroxylation is 2. The molecule has 92 valence electrons. The normalized spacial score (nSPS) is 24.1. The molecule has 1 fully saturated rings. The van der Waals surface area contributed by atoms with Crippen molar-refractivity contribution in [3.05, 3.63) is 28.8 Å². The quantitative estimate of drug-likeness (QED) is 0.782. The van der Waals surface area contributed by atoms with Crippen molar-refractivity contribution >= 4 is 5.78 Å². The van der Waals surface area contributed by atoms with Gasteiger partial charge in [-0.05, 0) is 37.5 Å². The van der Waals surface area contributed by atoms with Crippen LogP contribution in [0.5, 0.6) is 5.75 Å². The second-order valence-corrected chi connectivity index (χ2v) is 5.44. The summed E-state index contributed by atoms with van der Waals surface area (Å²) in [6.07, 6.45) is 2.28. The van der Waals surface area contributed by atoms with Gasteiger partial charge in [0.15, 0.2) is 0 Å². The summed E-state index contributed by atoms with van der Waals surface area (Å²) < 4.78 is 5.51. The number of Topliss-reactive ketones (excluding diaryl/α,β-unsaturated/α-hetero) is 1. The fourth-order valence-electron chi connectivity index (χ4n) is 3.10. The van der Waals surface area contributed by atoms with Crippen LogP contribution in [0.4, 0.5) is 0 Å². The van der Waals surface area contributed by atoms with Gasteiger partial charge in [-0.2, -0.15) is 0 Å². The van der Waals surface area contributed by atoms with Crippen molar-refractivity contribution in [1.82, 2.24) is 0 Å². The second kappa shape index (κ2) is 4.17. The van der Waals surface area contributed by atoms with Gasteiger partial charge in [-0.25, -0.2) is 0 Å². The second-order valence-electron chi connectivity index (χ2n) is 5.44. The smallest absolute Gasteiger partial charge is 0.133 e. The van der Waals surface area contributed by atoms with Crippen LogP contribution in [0.3, 0.4) is 0 Å². The van der Waals surface area contributed by atoms with Crippen molar-refractivity contribution in [3.8, 4) is 5.75 Å². The summed E-state index contributed by atoms with van der Waals surface area (Å²) in [5.41, 5.74) is 3.62. The molecule has 1 atom stereocenters. The van der Waals surface area contributed by atoms with Gasteiger partial charge in [0.05, 0.1) is 7.11 Å². The van der Waals surface area contributed by atoms with Crippen molar-refractivity contribution in [2.75, 3.05) is 7.11 Å². The maximum absolute atomic E-state index is 11.6. The molecular weight excluding hydrogens is 212 g/mol. The van der Waals surface area contributed by atoms with Crippen molar-refractivity contribution in [2.45, 2.75) is 45.4 Å². The summed E-state index contributed by atoms with van der Waals surface area (Å²) in [5.74, 6) is 1.30. The van der Waals surface area contributed by atoms with Crippen LogP contribution in [0.25, 0.3) is 0 Å². The number of ether oxygens (including phenoxy) is 1. The third kappa shape index (κ3) is 2.08. The minimum absolute atomic E-state index is 0.0415. The Labute approximate surface area is 103 Å². The number of carbonyl (C=O) groups excluding carboxylic acids is 1. The molecular formula is C15H20O2. The molecule has 2 rings (SSSR count). The number of carbonyl (C=O) groups is 1. The molecule has 0 N–H and O–H groups in total. The van der Waals surface area contributed by atoms with Crippen molar-refractivity contribution < 1.29 is 9.53 Å². The number of methoxy groups -OCH3 is 1. The summed E-state index contributed by atoms with van der Waals surface area (Å²) in [4.78, 5) is 11.6. The van der Waals surface area contributed by atoms with Gasteiger partial charge < -0.3 is 4.74 Å². The molecule has 0 bridgehead atoms. The zero-order chi connectivity index (χ0) is 12.6. The summed E-state index contributed by atoms with van der Waals surface area (Å²) >= 11 is 0. The molecule has 1 aromatic carbocycles. The first-order chi connectivity index (χ1) is 7.96. The van der Waals surface area contributed by atoms with Crippen LogP contribution in [0.1, 0.15) is 42.9 Å². The van der Waals surface area contributed by atoms with Gasteiger partial charge in [-0.15, -0.1) is 0 Å².